The Bertz CT molecular complexity index is 1150. The molecule has 1 N–H and O–H groups in total. The van der Waals surface area contributed by atoms with E-state index in [9.17, 15) is 13.2 Å². The van der Waals surface area contributed by atoms with Gasteiger partial charge in [0, 0.05) is 18.7 Å². The van der Waals surface area contributed by atoms with Crippen LogP contribution in [0.1, 0.15) is 17.3 Å². The third-order valence-corrected chi connectivity index (χ3v) is 7.48. The fraction of sp³-hybridized carbons (Fsp3) is 0.300. The number of aromatic nitrogens is 1. The number of anilines is 1. The van der Waals surface area contributed by atoms with Gasteiger partial charge in [0.25, 0.3) is 5.91 Å². The van der Waals surface area contributed by atoms with Crippen LogP contribution >= 0.6 is 11.3 Å². The van der Waals surface area contributed by atoms with Crippen molar-refractivity contribution in [3.63, 3.8) is 0 Å². The normalized spacial score (nSPS) is 15.2. The van der Waals surface area contributed by atoms with Crippen LogP contribution in [0, 0.1) is 0 Å². The van der Waals surface area contributed by atoms with E-state index < -0.39 is 10.0 Å². The maximum atomic E-state index is 12.7. The Morgan fingerprint density at radius 3 is 2.63 bits per heavy atom. The minimum Gasteiger partial charge on any atom is -0.492 e. The number of para-hydroxylation sites is 1. The average Bonchev–Trinajstić information content (AvgIpc) is 3.18. The predicted octanol–water partition coefficient (Wildman–Crippen LogP) is 2.97. The van der Waals surface area contributed by atoms with Crippen LogP contribution in [-0.2, 0) is 14.8 Å². The first-order chi connectivity index (χ1) is 14.5. The molecular weight excluding hydrogens is 426 g/mol. The van der Waals surface area contributed by atoms with Gasteiger partial charge in [-0.1, -0.05) is 17.4 Å². The summed E-state index contributed by atoms with van der Waals surface area (Å²) in [6, 6.07) is 11.5. The first-order valence-corrected chi connectivity index (χ1v) is 11.8. The topological polar surface area (TPSA) is 97.8 Å². The lowest BCUT2D eigenvalue weighted by Crippen LogP contribution is -2.40. The van der Waals surface area contributed by atoms with E-state index in [0.717, 1.165) is 4.70 Å². The van der Waals surface area contributed by atoms with Gasteiger partial charge in [-0.05, 0) is 43.3 Å². The van der Waals surface area contributed by atoms with E-state index in [1.807, 2.05) is 25.1 Å². The molecule has 158 valence electrons. The third-order valence-electron chi connectivity index (χ3n) is 4.63. The number of sulfonamides is 1. The Balaban J connectivity index is 1.50. The maximum Gasteiger partial charge on any atom is 0.257 e. The van der Waals surface area contributed by atoms with Crippen molar-refractivity contribution in [3.8, 4) is 5.75 Å². The second-order valence-electron chi connectivity index (χ2n) is 6.55. The lowest BCUT2D eigenvalue weighted by Gasteiger charge is -2.26. The molecule has 10 heteroatoms. The molecule has 2 aromatic carbocycles. The van der Waals surface area contributed by atoms with Crippen molar-refractivity contribution in [2.75, 3.05) is 38.2 Å². The van der Waals surface area contributed by atoms with Crippen LogP contribution in [-0.4, -0.2) is 56.5 Å². The van der Waals surface area contributed by atoms with Gasteiger partial charge >= 0.3 is 0 Å². The zero-order valence-electron chi connectivity index (χ0n) is 16.3. The summed E-state index contributed by atoms with van der Waals surface area (Å²) in [6.07, 6.45) is 0. The summed E-state index contributed by atoms with van der Waals surface area (Å²) >= 11 is 1.35. The van der Waals surface area contributed by atoms with Crippen LogP contribution in [0.4, 0.5) is 5.13 Å². The van der Waals surface area contributed by atoms with E-state index >= 15 is 0 Å². The van der Waals surface area contributed by atoms with Gasteiger partial charge in [0.2, 0.25) is 10.0 Å². The van der Waals surface area contributed by atoms with Crippen molar-refractivity contribution < 1.29 is 22.7 Å². The number of carbonyl (C=O) groups excluding carboxylic acids is 1. The van der Waals surface area contributed by atoms with Gasteiger partial charge in [-0.15, -0.1) is 0 Å². The number of ether oxygens (including phenoxy) is 2. The number of nitrogens with zero attached hydrogens (tertiary/aromatic N) is 2. The molecule has 4 rings (SSSR count). The third kappa shape index (κ3) is 4.17. The lowest BCUT2D eigenvalue weighted by atomic mass is 10.2. The molecular formula is C20H21N3O5S2. The lowest BCUT2D eigenvalue weighted by molar-refractivity contribution is 0.0730. The van der Waals surface area contributed by atoms with Crippen molar-refractivity contribution in [2.24, 2.45) is 0 Å². The van der Waals surface area contributed by atoms with Crippen molar-refractivity contribution >= 4 is 42.6 Å². The zero-order valence-corrected chi connectivity index (χ0v) is 18.0. The number of fused-ring (bicyclic) bond motifs is 1. The minimum atomic E-state index is -3.59. The summed E-state index contributed by atoms with van der Waals surface area (Å²) in [7, 11) is -3.59. The second-order valence-corrected chi connectivity index (χ2v) is 9.52. The van der Waals surface area contributed by atoms with Gasteiger partial charge in [0.15, 0.2) is 5.13 Å². The highest BCUT2D eigenvalue weighted by atomic mass is 32.2. The van der Waals surface area contributed by atoms with Crippen LogP contribution in [0.2, 0.25) is 0 Å². The SMILES string of the molecule is CCOc1cccc2sc(NC(=O)c3ccc(S(=O)(=O)N4CCOCC4)cc3)nc12. The largest absolute Gasteiger partial charge is 0.492 e. The molecule has 2 heterocycles. The Morgan fingerprint density at radius 2 is 1.93 bits per heavy atom. The van der Waals surface area contributed by atoms with Crippen LogP contribution in [0.3, 0.4) is 0 Å². The number of carbonyl (C=O) groups is 1. The zero-order chi connectivity index (χ0) is 21.1. The second kappa shape index (κ2) is 8.68. The highest BCUT2D eigenvalue weighted by Gasteiger charge is 2.26. The molecule has 0 atom stereocenters. The molecule has 3 aromatic rings. The van der Waals surface area contributed by atoms with E-state index in [1.54, 1.807) is 0 Å². The Hall–Kier alpha value is -2.53. The summed E-state index contributed by atoms with van der Waals surface area (Å²) < 4.78 is 38.5. The van der Waals surface area contributed by atoms with E-state index in [-0.39, 0.29) is 10.8 Å². The van der Waals surface area contributed by atoms with Crippen LogP contribution in [0.25, 0.3) is 10.2 Å². The number of rotatable bonds is 6. The summed E-state index contributed by atoms with van der Waals surface area (Å²) in [5.41, 5.74) is 1.05. The van der Waals surface area contributed by atoms with Crippen molar-refractivity contribution in [3.05, 3.63) is 48.0 Å². The summed E-state index contributed by atoms with van der Waals surface area (Å²) in [5.74, 6) is 0.312. The standard InChI is InChI=1S/C20H21N3O5S2/c1-2-28-16-4-3-5-17-18(16)21-20(29-17)22-19(24)14-6-8-15(9-7-14)30(25,26)23-10-12-27-13-11-23/h3-9H,2,10-13H2,1H3,(H,21,22,24). The predicted molar refractivity (Wildman–Crippen MR) is 115 cm³/mol. The highest BCUT2D eigenvalue weighted by molar-refractivity contribution is 7.89. The summed E-state index contributed by atoms with van der Waals surface area (Å²) in [5, 5.41) is 3.23. The molecule has 0 radical (unpaired) electrons. The summed E-state index contributed by atoms with van der Waals surface area (Å²) in [4.78, 5) is 17.2. The number of morpholine rings is 1. The molecule has 1 fully saturated rings. The van der Waals surface area contributed by atoms with Crippen LogP contribution in [0.5, 0.6) is 5.75 Å². The molecule has 0 unspecified atom stereocenters. The van der Waals surface area contributed by atoms with E-state index in [0.29, 0.717) is 54.9 Å². The smallest absolute Gasteiger partial charge is 0.257 e. The first-order valence-electron chi connectivity index (χ1n) is 9.50. The van der Waals surface area contributed by atoms with E-state index in [1.165, 1.54) is 39.9 Å². The van der Waals surface area contributed by atoms with Gasteiger partial charge < -0.3 is 9.47 Å². The Kier molecular flexibility index (Phi) is 6.00. The first kappa shape index (κ1) is 20.7. The average molecular weight is 448 g/mol. The molecule has 1 aliphatic rings. The minimum absolute atomic E-state index is 0.155. The molecule has 1 aromatic heterocycles. The maximum absolute atomic E-state index is 12.7. The molecule has 0 aliphatic carbocycles. The number of nitrogens with one attached hydrogen (secondary N) is 1. The molecule has 1 aliphatic heterocycles. The van der Waals surface area contributed by atoms with Crippen molar-refractivity contribution in [1.29, 1.82) is 0 Å². The number of benzene rings is 2. The Labute approximate surface area is 178 Å². The van der Waals surface area contributed by atoms with Gasteiger partial charge in [-0.3, -0.25) is 10.1 Å². The molecule has 0 spiro atoms. The molecule has 1 saturated heterocycles. The number of thiazole rings is 1. The fourth-order valence-corrected chi connectivity index (χ4v) is 5.42. The van der Waals surface area contributed by atoms with Gasteiger partial charge in [0.1, 0.15) is 11.3 Å². The number of amides is 1. The monoisotopic (exact) mass is 447 g/mol. The van der Waals surface area contributed by atoms with Crippen LogP contribution < -0.4 is 10.1 Å². The fourth-order valence-electron chi connectivity index (χ4n) is 3.13. The number of hydrogen-bond donors (Lipinski definition) is 1. The Morgan fingerprint density at radius 1 is 1.20 bits per heavy atom. The van der Waals surface area contributed by atoms with E-state index in [2.05, 4.69) is 10.3 Å². The molecule has 1 amide bonds. The molecule has 30 heavy (non-hydrogen) atoms. The summed E-state index contributed by atoms with van der Waals surface area (Å²) in [6.45, 7) is 3.84. The van der Waals surface area contributed by atoms with Gasteiger partial charge in [-0.2, -0.15) is 4.31 Å². The van der Waals surface area contributed by atoms with Crippen molar-refractivity contribution in [1.82, 2.24) is 9.29 Å². The van der Waals surface area contributed by atoms with Gasteiger partial charge in [0.05, 0.1) is 29.4 Å². The molecule has 0 saturated carbocycles. The van der Waals surface area contributed by atoms with Gasteiger partial charge in [-0.25, -0.2) is 13.4 Å². The van der Waals surface area contributed by atoms with Crippen molar-refractivity contribution in [2.45, 2.75) is 11.8 Å². The highest BCUT2D eigenvalue weighted by Crippen LogP contribution is 2.32. The van der Waals surface area contributed by atoms with E-state index in [4.69, 9.17) is 9.47 Å². The quantitative estimate of drug-likeness (QED) is 0.624. The van der Waals surface area contributed by atoms with Crippen LogP contribution in [0.15, 0.2) is 47.4 Å². The molecule has 8 nitrogen and oxygen atoms in total. The number of hydrogen-bond acceptors (Lipinski definition) is 7. The molecule has 0 bridgehead atoms.